The van der Waals surface area contributed by atoms with Crippen LogP contribution in [0, 0.1) is 5.92 Å². The van der Waals surface area contributed by atoms with Crippen molar-refractivity contribution in [1.82, 2.24) is 10.6 Å². The van der Waals surface area contributed by atoms with Crippen molar-refractivity contribution < 1.29 is 37.4 Å². The zero-order valence-electron chi connectivity index (χ0n) is 24.4. The molecule has 0 bridgehead atoms. The highest BCUT2D eigenvalue weighted by Crippen LogP contribution is 2.15. The van der Waals surface area contributed by atoms with E-state index < -0.39 is 46.0 Å². The molecule has 0 saturated heterocycles. The van der Waals surface area contributed by atoms with Gasteiger partial charge in [0.1, 0.15) is 19.3 Å². The maximum atomic E-state index is 13.3. The van der Waals surface area contributed by atoms with Crippen molar-refractivity contribution in [2.75, 3.05) is 6.26 Å². The monoisotopic (exact) mass is 610 g/mol. The molecule has 0 heterocycles. The Balaban J connectivity index is 1.74. The summed E-state index contributed by atoms with van der Waals surface area (Å²) in [4.78, 5) is 39.0. The first-order chi connectivity index (χ1) is 20.4. The highest BCUT2D eigenvalue weighted by Gasteiger charge is 2.32. The number of alkyl carbamates (subject to hydrolysis) is 1. The van der Waals surface area contributed by atoms with E-state index in [1.54, 1.807) is 24.3 Å². The lowest BCUT2D eigenvalue weighted by atomic mass is 9.99. The number of aliphatic hydroxyl groups is 1. The van der Waals surface area contributed by atoms with E-state index in [-0.39, 0.29) is 36.9 Å². The molecule has 0 aliphatic carbocycles. The van der Waals surface area contributed by atoms with Crippen LogP contribution < -0.4 is 10.6 Å². The number of hydrogen-bond donors (Lipinski definition) is 3. The van der Waals surface area contributed by atoms with Crippen LogP contribution in [0.15, 0.2) is 89.8 Å². The van der Waals surface area contributed by atoms with Gasteiger partial charge in [0.15, 0.2) is 15.9 Å². The summed E-state index contributed by atoms with van der Waals surface area (Å²) < 4.78 is 34.4. The Hall–Kier alpha value is -4.22. The van der Waals surface area contributed by atoms with Crippen molar-refractivity contribution in [1.29, 1.82) is 0 Å². The Kier molecular flexibility index (Phi) is 12.3. The van der Waals surface area contributed by atoms with E-state index in [2.05, 4.69) is 10.6 Å². The van der Waals surface area contributed by atoms with Crippen LogP contribution in [0.1, 0.15) is 37.0 Å². The van der Waals surface area contributed by atoms with Crippen LogP contribution in [0.2, 0.25) is 0 Å². The van der Waals surface area contributed by atoms with Crippen molar-refractivity contribution in [3.63, 3.8) is 0 Å². The Morgan fingerprint density at radius 1 is 0.767 bits per heavy atom. The van der Waals surface area contributed by atoms with Gasteiger partial charge in [-0.1, -0.05) is 86.6 Å². The normalized spacial score (nSPS) is 13.4. The maximum Gasteiger partial charge on any atom is 0.407 e. The third-order valence-electron chi connectivity index (χ3n) is 6.50. The Bertz CT molecular complexity index is 1450. The predicted molar refractivity (Wildman–Crippen MR) is 160 cm³/mol. The topological polar surface area (TPSA) is 148 Å². The first kappa shape index (κ1) is 33.3. The van der Waals surface area contributed by atoms with Gasteiger partial charge in [-0.25, -0.2) is 18.0 Å². The van der Waals surface area contributed by atoms with Gasteiger partial charge in [0, 0.05) is 6.26 Å². The second kappa shape index (κ2) is 15.9. The molecule has 11 heteroatoms. The van der Waals surface area contributed by atoms with Gasteiger partial charge in [0.25, 0.3) is 5.91 Å². The van der Waals surface area contributed by atoms with Crippen molar-refractivity contribution in [3.8, 4) is 0 Å². The van der Waals surface area contributed by atoms with Crippen LogP contribution in [0.4, 0.5) is 4.79 Å². The van der Waals surface area contributed by atoms with Gasteiger partial charge in [-0.05, 0) is 47.6 Å². The lowest BCUT2D eigenvalue weighted by Crippen LogP contribution is -2.55. The number of benzene rings is 3. The van der Waals surface area contributed by atoms with Crippen molar-refractivity contribution in [2.24, 2.45) is 5.92 Å². The molecule has 3 rings (SSSR count). The standard InChI is InChI=1S/C32H38N2O8S/c1-22(2)18-28(31(37)41-20-24-10-6-4-7-11-24)33-30(36)29(35)27(19-23-14-16-26(17-15-23)43(3,39)40)34-32(38)42-21-25-12-8-5-9-13-25/h4-17,22,27-29,35H,18-21H2,1-3H3,(H,33,36)(H,34,38)/t27-,28-,29+/m0/s1. The van der Waals surface area contributed by atoms with E-state index in [4.69, 9.17) is 9.47 Å². The van der Waals surface area contributed by atoms with Crippen molar-refractivity contribution in [3.05, 3.63) is 102 Å². The molecule has 0 spiro atoms. The maximum absolute atomic E-state index is 13.3. The van der Waals surface area contributed by atoms with Crippen LogP contribution in [-0.4, -0.2) is 55.9 Å². The SMILES string of the molecule is CC(C)C[C@H](NC(=O)[C@H](O)[C@H](Cc1ccc(S(C)(=O)=O)cc1)NC(=O)OCc1ccccc1)C(=O)OCc1ccccc1. The largest absolute Gasteiger partial charge is 0.459 e. The molecule has 230 valence electrons. The molecule has 2 amide bonds. The average molecular weight is 611 g/mol. The summed E-state index contributed by atoms with van der Waals surface area (Å²) in [7, 11) is -3.43. The number of nitrogens with one attached hydrogen (secondary N) is 2. The zero-order chi connectivity index (χ0) is 31.4. The second-order valence-corrected chi connectivity index (χ2v) is 12.7. The van der Waals surface area contributed by atoms with E-state index >= 15 is 0 Å². The number of amides is 2. The Labute approximate surface area is 252 Å². The quantitative estimate of drug-likeness (QED) is 0.235. The third-order valence-corrected chi connectivity index (χ3v) is 7.63. The fraction of sp³-hybridized carbons (Fsp3) is 0.344. The molecule has 10 nitrogen and oxygen atoms in total. The number of sulfone groups is 1. The third kappa shape index (κ3) is 11.2. The summed E-state index contributed by atoms with van der Waals surface area (Å²) in [5.74, 6) is -1.52. The molecular formula is C32H38N2O8S. The zero-order valence-corrected chi connectivity index (χ0v) is 25.3. The van der Waals surface area contributed by atoms with Gasteiger partial charge < -0.3 is 25.2 Å². The molecule has 0 radical (unpaired) electrons. The average Bonchev–Trinajstić information content (AvgIpc) is 2.98. The van der Waals surface area contributed by atoms with Gasteiger partial charge in [0.2, 0.25) is 0 Å². The molecular weight excluding hydrogens is 572 g/mol. The van der Waals surface area contributed by atoms with Crippen LogP contribution >= 0.6 is 0 Å². The summed E-state index contributed by atoms with van der Waals surface area (Å²) in [5, 5.41) is 16.2. The fourth-order valence-electron chi connectivity index (χ4n) is 4.24. The molecule has 0 saturated carbocycles. The molecule has 0 aromatic heterocycles. The number of hydrogen-bond acceptors (Lipinski definition) is 8. The molecule has 0 fully saturated rings. The van der Waals surface area contributed by atoms with E-state index in [9.17, 15) is 27.9 Å². The van der Waals surface area contributed by atoms with Crippen molar-refractivity contribution >= 4 is 27.8 Å². The first-order valence-corrected chi connectivity index (χ1v) is 15.8. The van der Waals surface area contributed by atoms with Crippen LogP contribution in [0.25, 0.3) is 0 Å². The van der Waals surface area contributed by atoms with Crippen molar-refractivity contribution in [2.45, 2.75) is 63.0 Å². The summed E-state index contributed by atoms with van der Waals surface area (Å²) in [6, 6.07) is 21.8. The van der Waals surface area contributed by atoms with Gasteiger partial charge in [-0.3, -0.25) is 4.79 Å². The summed E-state index contributed by atoms with van der Waals surface area (Å²) in [5.41, 5.74) is 2.08. The molecule has 3 N–H and O–H groups in total. The van der Waals surface area contributed by atoms with Gasteiger partial charge >= 0.3 is 12.1 Å². The molecule has 0 aliphatic rings. The van der Waals surface area contributed by atoms with E-state index in [1.165, 1.54) is 24.3 Å². The van der Waals surface area contributed by atoms with Crippen LogP contribution in [0.3, 0.4) is 0 Å². The molecule has 43 heavy (non-hydrogen) atoms. The molecule has 0 unspecified atom stereocenters. The lowest BCUT2D eigenvalue weighted by Gasteiger charge is -2.26. The van der Waals surface area contributed by atoms with E-state index in [1.807, 2.05) is 50.2 Å². The first-order valence-electron chi connectivity index (χ1n) is 13.9. The number of rotatable bonds is 14. The van der Waals surface area contributed by atoms with Crippen LogP contribution in [-0.2, 0) is 48.5 Å². The number of aliphatic hydroxyl groups excluding tert-OH is 1. The van der Waals surface area contributed by atoms with E-state index in [0.717, 1.165) is 17.4 Å². The highest BCUT2D eigenvalue weighted by molar-refractivity contribution is 7.90. The molecule has 3 atom stereocenters. The molecule has 0 aliphatic heterocycles. The predicted octanol–water partition coefficient (Wildman–Crippen LogP) is 3.56. The minimum atomic E-state index is -3.43. The lowest BCUT2D eigenvalue weighted by molar-refractivity contribution is -0.150. The van der Waals surface area contributed by atoms with E-state index in [0.29, 0.717) is 5.56 Å². The van der Waals surface area contributed by atoms with Gasteiger partial charge in [-0.15, -0.1) is 0 Å². The number of carbonyl (C=O) groups excluding carboxylic acids is 3. The summed E-state index contributed by atoms with van der Waals surface area (Å²) in [6.07, 6.45) is -1.34. The smallest absolute Gasteiger partial charge is 0.407 e. The van der Waals surface area contributed by atoms with Gasteiger partial charge in [-0.2, -0.15) is 0 Å². The van der Waals surface area contributed by atoms with Crippen LogP contribution in [0.5, 0.6) is 0 Å². The highest BCUT2D eigenvalue weighted by atomic mass is 32.2. The minimum Gasteiger partial charge on any atom is -0.459 e. The summed E-state index contributed by atoms with van der Waals surface area (Å²) in [6.45, 7) is 3.75. The molecule has 3 aromatic carbocycles. The number of esters is 1. The molecule has 3 aromatic rings. The Morgan fingerprint density at radius 3 is 1.81 bits per heavy atom. The minimum absolute atomic E-state index is 0.0157. The van der Waals surface area contributed by atoms with Gasteiger partial charge in [0.05, 0.1) is 10.9 Å². The number of ether oxygens (including phenoxy) is 2. The number of carbonyl (C=O) groups is 3. The second-order valence-electron chi connectivity index (χ2n) is 10.7. The Morgan fingerprint density at radius 2 is 1.30 bits per heavy atom. The fourth-order valence-corrected chi connectivity index (χ4v) is 4.87. The summed E-state index contributed by atoms with van der Waals surface area (Å²) >= 11 is 0.